The summed E-state index contributed by atoms with van der Waals surface area (Å²) < 4.78 is 0. The summed E-state index contributed by atoms with van der Waals surface area (Å²) >= 11 is 0. The summed E-state index contributed by atoms with van der Waals surface area (Å²) in [6.07, 6.45) is 10.1. The molecule has 0 aliphatic carbocycles. The van der Waals surface area contributed by atoms with E-state index in [1.54, 1.807) is 0 Å². The van der Waals surface area contributed by atoms with Crippen molar-refractivity contribution < 1.29 is 2.85 Å². The third-order valence-corrected chi connectivity index (χ3v) is 4.86. The van der Waals surface area contributed by atoms with Crippen molar-refractivity contribution in [2.45, 2.75) is 105 Å². The number of hydrogen-bond donors (Lipinski definition) is 2. The highest BCUT2D eigenvalue weighted by atomic mass is 35.5. The first-order chi connectivity index (χ1) is 10.2. The summed E-state index contributed by atoms with van der Waals surface area (Å²) in [5.41, 5.74) is 12.7. The fourth-order valence-corrected chi connectivity index (χ4v) is 3.26. The van der Waals surface area contributed by atoms with E-state index in [1.807, 2.05) is 0 Å². The summed E-state index contributed by atoms with van der Waals surface area (Å²) in [5.74, 6) is 3.04. The van der Waals surface area contributed by atoms with Gasteiger partial charge in [0.2, 0.25) is 0 Å². The lowest BCUT2D eigenvalue weighted by Gasteiger charge is -2.25. The van der Waals surface area contributed by atoms with E-state index in [0.717, 1.165) is 24.7 Å². The van der Waals surface area contributed by atoms with Gasteiger partial charge in [0.15, 0.2) is 0 Å². The van der Waals surface area contributed by atoms with Gasteiger partial charge < -0.3 is 11.5 Å². The molecule has 142 valence electrons. The molecule has 0 rings (SSSR count). The fourth-order valence-electron chi connectivity index (χ4n) is 3.26. The van der Waals surface area contributed by atoms with Crippen LogP contribution in [0.2, 0.25) is 0 Å². The molecule has 4 N–H and O–H groups in total. The number of halogens is 1. The van der Waals surface area contributed by atoms with Crippen LogP contribution < -0.4 is 11.5 Å². The lowest BCUT2D eigenvalue weighted by molar-refractivity contribution is 0.331. The second kappa shape index (κ2) is 14.5. The van der Waals surface area contributed by atoms with Gasteiger partial charge in [0.1, 0.15) is 0 Å². The Balaban J connectivity index is -0.000000735. The largest absolute Gasteiger partial charge is 1.00 e. The first kappa shape index (κ1) is 25.5. The number of rotatable bonds is 13. The number of nitrogens with two attached hydrogens (primary N) is 2. The Bertz CT molecular complexity index is 240. The molecule has 0 spiro atoms. The van der Waals surface area contributed by atoms with E-state index in [1.165, 1.54) is 38.5 Å². The van der Waals surface area contributed by atoms with Gasteiger partial charge in [0.05, 0.1) is 0 Å². The standard InChI is InChI=1S/C20H44N2.ClH/c1-15(2)9-7-11-17(5)13-19(21)20(22)14-18(6)12-8-10-16(3)4;/h15-20H,7-14,21-22H2,1-6H3;1H/p+2/t17-,18-,19?,20?;/m0./s1. The van der Waals surface area contributed by atoms with Crippen LogP contribution in [0.15, 0.2) is 0 Å². The molecule has 4 atom stereocenters. The fraction of sp³-hybridized carbons (Fsp3) is 1.00. The zero-order valence-corrected chi connectivity index (χ0v) is 17.5. The van der Waals surface area contributed by atoms with Crippen molar-refractivity contribution >= 4 is 12.4 Å². The van der Waals surface area contributed by atoms with Crippen LogP contribution in [-0.4, -0.2) is 12.1 Å². The Labute approximate surface area is 155 Å². The second-order valence-electron chi connectivity index (χ2n) is 8.66. The van der Waals surface area contributed by atoms with Crippen LogP contribution in [0, 0.1) is 23.7 Å². The maximum absolute atomic E-state index is 6.35. The molecule has 0 fully saturated rings. The molecule has 3 heteroatoms. The normalized spacial score (nSPS) is 17.0. The molecule has 0 aromatic carbocycles. The highest BCUT2D eigenvalue weighted by Crippen LogP contribution is 2.21. The molecule has 0 heterocycles. The smallest absolute Gasteiger partial charge is 0.326 e. The van der Waals surface area contributed by atoms with Crippen LogP contribution in [0.5, 0.6) is 0 Å². The van der Waals surface area contributed by atoms with Gasteiger partial charge in [0, 0.05) is 12.1 Å². The lowest BCUT2D eigenvalue weighted by Crippen LogP contribution is -2.43. The SMILES string of the molecule is CC(C)CCC[C@H](C)CC(N)C(N)C[C@@H](C)CCCC(C)C.Cl.[H+].[H+]. The van der Waals surface area contributed by atoms with Crippen LogP contribution in [0.25, 0.3) is 0 Å². The van der Waals surface area contributed by atoms with Crippen LogP contribution in [0.3, 0.4) is 0 Å². The van der Waals surface area contributed by atoms with Gasteiger partial charge in [-0.1, -0.05) is 80.1 Å². The molecule has 0 saturated carbocycles. The summed E-state index contributed by atoms with van der Waals surface area (Å²) in [4.78, 5) is 0. The molecule has 2 nitrogen and oxygen atoms in total. The summed E-state index contributed by atoms with van der Waals surface area (Å²) in [6.45, 7) is 13.9. The van der Waals surface area contributed by atoms with Crippen molar-refractivity contribution in [2.75, 3.05) is 0 Å². The molecule has 0 aliphatic heterocycles. The van der Waals surface area contributed by atoms with Crippen LogP contribution >= 0.6 is 12.4 Å². The third-order valence-electron chi connectivity index (χ3n) is 4.86. The molecule has 0 aromatic heterocycles. The molecule has 23 heavy (non-hydrogen) atoms. The first-order valence-corrected chi connectivity index (χ1v) is 9.73. The van der Waals surface area contributed by atoms with Gasteiger partial charge in [-0.2, -0.15) is 0 Å². The maximum Gasteiger partial charge on any atom is 1.00 e. The van der Waals surface area contributed by atoms with E-state index in [9.17, 15) is 0 Å². The first-order valence-electron chi connectivity index (χ1n) is 9.73. The molecule has 0 bridgehead atoms. The molecular formula is C20H47ClN2+2. The van der Waals surface area contributed by atoms with Crippen molar-refractivity contribution in [1.82, 2.24) is 0 Å². The number of hydrogen-bond acceptors (Lipinski definition) is 2. The van der Waals surface area contributed by atoms with Gasteiger partial charge in [-0.3, -0.25) is 0 Å². The third kappa shape index (κ3) is 15.5. The highest BCUT2D eigenvalue weighted by Gasteiger charge is 2.18. The van der Waals surface area contributed by atoms with Crippen LogP contribution in [0.1, 0.15) is 95.8 Å². The molecule has 0 aromatic rings. The van der Waals surface area contributed by atoms with Gasteiger partial charge in [0.25, 0.3) is 0 Å². The Hall–Kier alpha value is 0.210. The Morgan fingerprint density at radius 1 is 0.609 bits per heavy atom. The van der Waals surface area contributed by atoms with Crippen molar-refractivity contribution in [3.8, 4) is 0 Å². The summed E-state index contributed by atoms with van der Waals surface area (Å²) in [6, 6.07) is 0.336. The van der Waals surface area contributed by atoms with E-state index in [-0.39, 0.29) is 27.3 Å². The van der Waals surface area contributed by atoms with E-state index < -0.39 is 0 Å². The maximum atomic E-state index is 6.35. The predicted molar refractivity (Wildman–Crippen MR) is 110 cm³/mol. The Morgan fingerprint density at radius 2 is 0.913 bits per heavy atom. The molecule has 0 aliphatic rings. The summed E-state index contributed by atoms with van der Waals surface area (Å²) in [5, 5.41) is 0. The predicted octanol–water partition coefficient (Wildman–Crippen LogP) is 5.99. The molecule has 0 radical (unpaired) electrons. The van der Waals surface area contributed by atoms with Crippen LogP contribution in [-0.2, 0) is 0 Å². The second-order valence-corrected chi connectivity index (χ2v) is 8.66. The molecule has 0 saturated heterocycles. The van der Waals surface area contributed by atoms with Crippen LogP contribution in [0.4, 0.5) is 0 Å². The van der Waals surface area contributed by atoms with Gasteiger partial charge >= 0.3 is 2.85 Å². The van der Waals surface area contributed by atoms with Gasteiger partial charge in [-0.05, 0) is 36.5 Å². The average molecular weight is 351 g/mol. The quantitative estimate of drug-likeness (QED) is 0.428. The molecule has 0 amide bonds. The Kier molecular flexibility index (Phi) is 16.1. The van der Waals surface area contributed by atoms with Crippen molar-refractivity contribution in [3.63, 3.8) is 0 Å². The molecule has 2 unspecified atom stereocenters. The monoisotopic (exact) mass is 350 g/mol. The highest BCUT2D eigenvalue weighted by molar-refractivity contribution is 5.85. The van der Waals surface area contributed by atoms with Gasteiger partial charge in [-0.25, -0.2) is 0 Å². The van der Waals surface area contributed by atoms with Crippen molar-refractivity contribution in [1.29, 1.82) is 0 Å². The van der Waals surface area contributed by atoms with E-state index >= 15 is 0 Å². The van der Waals surface area contributed by atoms with Crippen molar-refractivity contribution in [2.24, 2.45) is 35.1 Å². The molecular weight excluding hydrogens is 304 g/mol. The minimum Gasteiger partial charge on any atom is -0.326 e. The minimum absolute atomic E-state index is 0. The lowest BCUT2D eigenvalue weighted by atomic mass is 9.87. The van der Waals surface area contributed by atoms with E-state index in [4.69, 9.17) is 11.5 Å². The van der Waals surface area contributed by atoms with Crippen molar-refractivity contribution in [3.05, 3.63) is 0 Å². The topological polar surface area (TPSA) is 52.0 Å². The zero-order chi connectivity index (χ0) is 17.1. The average Bonchev–Trinajstić information content (AvgIpc) is 2.37. The zero-order valence-electron chi connectivity index (χ0n) is 18.7. The minimum atomic E-state index is 0. The van der Waals surface area contributed by atoms with E-state index in [0.29, 0.717) is 11.8 Å². The summed E-state index contributed by atoms with van der Waals surface area (Å²) in [7, 11) is 0. The Morgan fingerprint density at radius 3 is 1.17 bits per heavy atom. The van der Waals surface area contributed by atoms with Gasteiger partial charge in [-0.15, -0.1) is 12.4 Å². The van der Waals surface area contributed by atoms with E-state index in [2.05, 4.69) is 41.5 Å².